The molecule has 2 aromatic carbocycles. The number of pyridine rings is 1. The van der Waals surface area contributed by atoms with Crippen LogP contribution in [0.5, 0.6) is 5.75 Å². The average Bonchev–Trinajstić information content (AvgIpc) is 2.88. The third-order valence-electron chi connectivity index (χ3n) is 5.44. The molecule has 1 heterocycles. The minimum atomic E-state index is -0.395. The van der Waals surface area contributed by atoms with Crippen molar-refractivity contribution in [2.75, 3.05) is 20.3 Å². The summed E-state index contributed by atoms with van der Waals surface area (Å²) in [6.07, 6.45) is 8.25. The van der Waals surface area contributed by atoms with Crippen molar-refractivity contribution >= 4 is 17.3 Å². The van der Waals surface area contributed by atoms with Gasteiger partial charge in [0.25, 0.3) is 0 Å². The third-order valence-corrected chi connectivity index (χ3v) is 5.44. The molecule has 3 aromatic rings. The number of rotatable bonds is 9. The number of allylic oxidation sites excluding steroid dienone is 1. The fraction of sp³-hybridized carbons (Fsp3) is 0.222. The minimum Gasteiger partial charge on any atom is -0.482 e. The van der Waals surface area contributed by atoms with Gasteiger partial charge in [0.2, 0.25) is 0 Å². The van der Waals surface area contributed by atoms with Crippen LogP contribution in [0.25, 0.3) is 5.57 Å². The Morgan fingerprint density at radius 3 is 2.67 bits per heavy atom. The Hall–Kier alpha value is -3.93. The molecule has 0 atom stereocenters. The number of methoxy groups -OCH3 is 1. The molecule has 6 nitrogen and oxygen atoms in total. The maximum atomic E-state index is 11.5. The monoisotopic (exact) mass is 442 g/mol. The van der Waals surface area contributed by atoms with Crippen molar-refractivity contribution in [3.63, 3.8) is 0 Å². The molecule has 168 valence electrons. The van der Waals surface area contributed by atoms with E-state index in [1.807, 2.05) is 54.6 Å². The van der Waals surface area contributed by atoms with Gasteiger partial charge < -0.3 is 14.3 Å². The summed E-state index contributed by atoms with van der Waals surface area (Å²) in [4.78, 5) is 21.4. The summed E-state index contributed by atoms with van der Waals surface area (Å²) in [6.45, 7) is 0.343. The van der Waals surface area contributed by atoms with E-state index in [2.05, 4.69) is 27.0 Å². The smallest absolute Gasteiger partial charge is 0.343 e. The number of esters is 1. The SMILES string of the molecule is COC(=O)COc1cccc2c1CCC=C2CCO/N=C(\c1ccccc1)c1cccnc1. The van der Waals surface area contributed by atoms with Gasteiger partial charge in [-0.25, -0.2) is 4.79 Å². The zero-order chi connectivity index (χ0) is 22.9. The van der Waals surface area contributed by atoms with Gasteiger partial charge in [-0.1, -0.05) is 53.7 Å². The minimum absolute atomic E-state index is 0.0968. The molecule has 0 saturated heterocycles. The lowest BCUT2D eigenvalue weighted by Crippen LogP contribution is -2.14. The summed E-state index contributed by atoms with van der Waals surface area (Å²) < 4.78 is 10.4. The van der Waals surface area contributed by atoms with Crippen molar-refractivity contribution < 1.29 is 19.1 Å². The largest absolute Gasteiger partial charge is 0.482 e. The fourth-order valence-electron chi connectivity index (χ4n) is 3.83. The van der Waals surface area contributed by atoms with Gasteiger partial charge in [0.05, 0.1) is 7.11 Å². The van der Waals surface area contributed by atoms with Crippen LogP contribution in [0.4, 0.5) is 0 Å². The zero-order valence-corrected chi connectivity index (χ0v) is 18.6. The van der Waals surface area contributed by atoms with E-state index in [0.29, 0.717) is 13.0 Å². The molecule has 33 heavy (non-hydrogen) atoms. The Labute approximate surface area is 193 Å². The molecule has 4 rings (SSSR count). The van der Waals surface area contributed by atoms with Crippen molar-refractivity contribution in [2.24, 2.45) is 5.16 Å². The molecule has 0 saturated carbocycles. The van der Waals surface area contributed by atoms with Crippen LogP contribution in [0, 0.1) is 0 Å². The van der Waals surface area contributed by atoms with Crippen LogP contribution in [0.3, 0.4) is 0 Å². The first-order valence-corrected chi connectivity index (χ1v) is 10.9. The summed E-state index contributed by atoms with van der Waals surface area (Å²) in [5.74, 6) is 0.332. The van der Waals surface area contributed by atoms with Crippen molar-refractivity contribution in [3.8, 4) is 5.75 Å². The normalized spacial score (nSPS) is 13.0. The van der Waals surface area contributed by atoms with E-state index in [4.69, 9.17) is 9.57 Å². The number of hydrogen-bond acceptors (Lipinski definition) is 6. The molecule has 0 unspecified atom stereocenters. The third kappa shape index (κ3) is 5.66. The van der Waals surface area contributed by atoms with E-state index in [0.717, 1.165) is 46.6 Å². The fourth-order valence-corrected chi connectivity index (χ4v) is 3.83. The number of carbonyl (C=O) groups is 1. The highest BCUT2D eigenvalue weighted by Gasteiger charge is 2.17. The number of carbonyl (C=O) groups excluding carboxylic acids is 1. The number of ether oxygens (including phenoxy) is 2. The molecular weight excluding hydrogens is 416 g/mol. The molecule has 0 bridgehead atoms. The highest BCUT2D eigenvalue weighted by Crippen LogP contribution is 2.34. The average molecular weight is 443 g/mol. The van der Waals surface area contributed by atoms with Crippen LogP contribution in [0.15, 0.2) is 84.3 Å². The van der Waals surface area contributed by atoms with Gasteiger partial charge in [-0.05, 0) is 42.2 Å². The van der Waals surface area contributed by atoms with Crippen molar-refractivity contribution in [1.29, 1.82) is 0 Å². The highest BCUT2D eigenvalue weighted by molar-refractivity contribution is 6.12. The number of hydrogen-bond donors (Lipinski definition) is 0. The Bertz CT molecular complexity index is 1100. The van der Waals surface area contributed by atoms with Crippen LogP contribution in [0.2, 0.25) is 0 Å². The molecule has 0 radical (unpaired) electrons. The first-order chi connectivity index (χ1) is 16.3. The molecule has 0 amide bonds. The second kappa shape index (κ2) is 11.1. The molecule has 6 heteroatoms. The number of oxime groups is 1. The van der Waals surface area contributed by atoms with Crippen molar-refractivity contribution in [3.05, 3.63) is 101 Å². The first-order valence-electron chi connectivity index (χ1n) is 10.9. The van der Waals surface area contributed by atoms with Gasteiger partial charge in [-0.2, -0.15) is 0 Å². The molecule has 1 aromatic heterocycles. The Balaban J connectivity index is 1.45. The molecule has 1 aliphatic carbocycles. The van der Waals surface area contributed by atoms with Crippen LogP contribution < -0.4 is 4.74 Å². The van der Waals surface area contributed by atoms with Gasteiger partial charge in [-0.15, -0.1) is 0 Å². The van der Waals surface area contributed by atoms with Crippen LogP contribution in [-0.4, -0.2) is 37.0 Å². The number of benzene rings is 2. The van der Waals surface area contributed by atoms with E-state index < -0.39 is 5.97 Å². The molecule has 0 aliphatic heterocycles. The Morgan fingerprint density at radius 2 is 1.88 bits per heavy atom. The van der Waals surface area contributed by atoms with Crippen LogP contribution in [0.1, 0.15) is 35.1 Å². The Morgan fingerprint density at radius 1 is 1.03 bits per heavy atom. The van der Waals surface area contributed by atoms with Gasteiger partial charge >= 0.3 is 5.97 Å². The molecule has 0 spiro atoms. The van der Waals surface area contributed by atoms with Gasteiger partial charge in [0.15, 0.2) is 6.61 Å². The number of fused-ring (bicyclic) bond motifs is 1. The number of aromatic nitrogens is 1. The standard InChI is InChI=1S/C27H26N2O4/c1-31-26(30)19-32-25-14-6-12-23-20(10-5-13-24(23)25)15-17-33-29-27(21-8-3-2-4-9-21)22-11-7-16-28-18-22/h2-4,6-12,14,16,18H,5,13,15,17,19H2,1H3/b29-27+. The molecule has 0 fully saturated rings. The number of nitrogens with zero attached hydrogens (tertiary/aromatic N) is 2. The van der Waals surface area contributed by atoms with E-state index in [1.54, 1.807) is 12.4 Å². The van der Waals surface area contributed by atoms with Gasteiger partial charge in [0, 0.05) is 35.5 Å². The summed E-state index contributed by atoms with van der Waals surface area (Å²) in [6, 6.07) is 19.7. The summed E-state index contributed by atoms with van der Waals surface area (Å²) in [7, 11) is 1.35. The lowest BCUT2D eigenvalue weighted by Gasteiger charge is -2.20. The zero-order valence-electron chi connectivity index (χ0n) is 18.6. The van der Waals surface area contributed by atoms with Gasteiger partial charge in [-0.3, -0.25) is 4.98 Å². The second-order valence-corrected chi connectivity index (χ2v) is 7.55. The second-order valence-electron chi connectivity index (χ2n) is 7.55. The lowest BCUT2D eigenvalue weighted by atomic mass is 9.89. The van der Waals surface area contributed by atoms with E-state index in [1.165, 1.54) is 12.7 Å². The predicted molar refractivity (Wildman–Crippen MR) is 127 cm³/mol. The lowest BCUT2D eigenvalue weighted by molar-refractivity contribution is -0.142. The first kappa shape index (κ1) is 22.3. The quantitative estimate of drug-likeness (QED) is 0.206. The van der Waals surface area contributed by atoms with E-state index in [-0.39, 0.29) is 6.61 Å². The summed E-state index contributed by atoms with van der Waals surface area (Å²) in [5.41, 5.74) is 6.06. The molecular formula is C27H26N2O4. The maximum absolute atomic E-state index is 11.5. The van der Waals surface area contributed by atoms with E-state index in [9.17, 15) is 4.79 Å². The topological polar surface area (TPSA) is 70.0 Å². The maximum Gasteiger partial charge on any atom is 0.343 e. The van der Waals surface area contributed by atoms with Crippen LogP contribution in [-0.2, 0) is 20.8 Å². The van der Waals surface area contributed by atoms with E-state index >= 15 is 0 Å². The predicted octanol–water partition coefficient (Wildman–Crippen LogP) is 4.82. The van der Waals surface area contributed by atoms with Crippen LogP contribution >= 0.6 is 0 Å². The summed E-state index contributed by atoms with van der Waals surface area (Å²) >= 11 is 0. The van der Waals surface area contributed by atoms with Gasteiger partial charge in [0.1, 0.15) is 18.1 Å². The molecule has 0 N–H and O–H groups in total. The molecule has 1 aliphatic rings. The van der Waals surface area contributed by atoms with Crippen molar-refractivity contribution in [2.45, 2.75) is 19.3 Å². The van der Waals surface area contributed by atoms with Crippen molar-refractivity contribution in [1.82, 2.24) is 4.98 Å². The Kier molecular flexibility index (Phi) is 7.48. The highest BCUT2D eigenvalue weighted by atomic mass is 16.6. The summed E-state index contributed by atoms with van der Waals surface area (Å²) in [5, 5.41) is 4.45.